The van der Waals surface area contributed by atoms with E-state index in [9.17, 15) is 0 Å². The minimum atomic E-state index is -0.0111. The van der Waals surface area contributed by atoms with Gasteiger partial charge in [-0.3, -0.25) is 4.98 Å². The van der Waals surface area contributed by atoms with Gasteiger partial charge in [0.15, 0.2) is 5.11 Å². The van der Waals surface area contributed by atoms with E-state index in [0.29, 0.717) is 6.04 Å². The van der Waals surface area contributed by atoms with Crippen molar-refractivity contribution in [1.29, 1.82) is 0 Å². The number of nitrogens with one attached hydrogen (secondary N) is 1. The largest absolute Gasteiger partial charge is 0.351 e. The van der Waals surface area contributed by atoms with Crippen LogP contribution in [-0.4, -0.2) is 14.7 Å². The number of nitrogens with zero attached hydrogens (tertiary/aromatic N) is 3. The molecule has 2 fully saturated rings. The molecular weight excluding hydrogens is 492 g/mol. The Morgan fingerprint density at radius 3 is 2.52 bits per heavy atom. The minimum Gasteiger partial charge on any atom is -0.351 e. The summed E-state index contributed by atoms with van der Waals surface area (Å²) in [5, 5.41) is 4.36. The Morgan fingerprint density at radius 1 is 1.03 bits per heavy atom. The number of aromatic nitrogens is 2. The first-order chi connectivity index (χ1) is 16.0. The molecule has 0 radical (unpaired) electrons. The maximum atomic E-state index is 5.93. The second kappa shape index (κ2) is 9.22. The Morgan fingerprint density at radius 2 is 1.82 bits per heavy atom. The van der Waals surface area contributed by atoms with Crippen molar-refractivity contribution in [3.05, 3.63) is 81.3 Å². The highest BCUT2D eigenvalue weighted by molar-refractivity contribution is 9.10. The summed E-state index contributed by atoms with van der Waals surface area (Å²) in [6, 6.07) is 15.6. The van der Waals surface area contributed by atoms with E-state index in [1.165, 1.54) is 54.6 Å². The third kappa shape index (κ3) is 4.12. The standard InChI is InChI=1S/C27H31BrN4S/c1-17-15-21(12-13-23(17)28)32-26(25(30-27(32)33)24-11-7-8-14-29-24)22-16-18(2)31(19(22)3)20-9-5-4-6-10-20/h7-8,11-16,20,25-26H,4-6,9-10H2,1-3H3,(H,30,33)/t25-,26+/m1/s1. The first kappa shape index (κ1) is 22.6. The number of aryl methyl sites for hydroxylation is 2. The van der Waals surface area contributed by atoms with Crippen molar-refractivity contribution < 1.29 is 0 Å². The average molecular weight is 524 g/mol. The van der Waals surface area contributed by atoms with Crippen molar-refractivity contribution >= 4 is 38.9 Å². The first-order valence-electron chi connectivity index (χ1n) is 11.9. The third-order valence-electron chi connectivity index (χ3n) is 7.30. The van der Waals surface area contributed by atoms with Crippen LogP contribution in [0.2, 0.25) is 0 Å². The van der Waals surface area contributed by atoms with Crippen LogP contribution < -0.4 is 10.2 Å². The first-order valence-corrected chi connectivity index (χ1v) is 13.1. The van der Waals surface area contributed by atoms with Gasteiger partial charge >= 0.3 is 0 Å². The van der Waals surface area contributed by atoms with Gasteiger partial charge in [0.25, 0.3) is 0 Å². The lowest BCUT2D eigenvalue weighted by Gasteiger charge is -2.30. The predicted molar refractivity (Wildman–Crippen MR) is 143 cm³/mol. The highest BCUT2D eigenvalue weighted by Crippen LogP contribution is 2.45. The molecule has 4 nitrogen and oxygen atoms in total. The highest BCUT2D eigenvalue weighted by atomic mass is 79.9. The molecule has 1 saturated carbocycles. The Balaban J connectivity index is 1.64. The second-order valence-corrected chi connectivity index (χ2v) is 10.7. The quantitative estimate of drug-likeness (QED) is 0.365. The molecule has 1 aliphatic heterocycles. The summed E-state index contributed by atoms with van der Waals surface area (Å²) in [6.07, 6.45) is 8.43. The van der Waals surface area contributed by atoms with Gasteiger partial charge in [-0.25, -0.2) is 0 Å². The van der Waals surface area contributed by atoms with Gasteiger partial charge in [0, 0.05) is 33.8 Å². The fraction of sp³-hybridized carbons (Fsp3) is 0.407. The SMILES string of the molecule is Cc1cc(N2C(=S)N[C@H](c3ccccn3)[C@@H]2c2cc(C)n(C3CCCCC3)c2C)ccc1Br. The van der Waals surface area contributed by atoms with Crippen molar-refractivity contribution in [2.75, 3.05) is 4.90 Å². The van der Waals surface area contributed by atoms with E-state index in [1.54, 1.807) is 0 Å². The number of pyridine rings is 1. The zero-order valence-corrected chi connectivity index (χ0v) is 21.9. The monoisotopic (exact) mass is 522 g/mol. The maximum Gasteiger partial charge on any atom is 0.174 e. The van der Waals surface area contributed by atoms with Crippen LogP contribution in [0.25, 0.3) is 0 Å². The molecule has 3 aromatic rings. The van der Waals surface area contributed by atoms with E-state index < -0.39 is 0 Å². The molecule has 3 heterocycles. The lowest BCUT2D eigenvalue weighted by atomic mass is 9.94. The van der Waals surface area contributed by atoms with E-state index in [1.807, 2.05) is 12.3 Å². The van der Waals surface area contributed by atoms with Crippen molar-refractivity contribution in [3.63, 3.8) is 0 Å². The van der Waals surface area contributed by atoms with Crippen LogP contribution in [0.5, 0.6) is 0 Å². The number of benzene rings is 1. The van der Waals surface area contributed by atoms with Crippen LogP contribution in [0.1, 0.15) is 78.4 Å². The van der Waals surface area contributed by atoms with Crippen LogP contribution in [0, 0.1) is 20.8 Å². The van der Waals surface area contributed by atoms with Gasteiger partial charge in [-0.05, 0) is 93.4 Å². The van der Waals surface area contributed by atoms with Crippen molar-refractivity contribution in [2.24, 2.45) is 0 Å². The molecular formula is C27H31BrN4S. The van der Waals surface area contributed by atoms with Gasteiger partial charge in [-0.1, -0.05) is 41.3 Å². The van der Waals surface area contributed by atoms with Crippen LogP contribution >= 0.6 is 28.1 Å². The zero-order chi connectivity index (χ0) is 23.1. The normalized spacial score (nSPS) is 21.5. The number of anilines is 1. The fourth-order valence-corrected chi connectivity index (χ4v) is 6.32. The molecule has 1 aliphatic carbocycles. The van der Waals surface area contributed by atoms with E-state index in [0.717, 1.165) is 21.0 Å². The average Bonchev–Trinajstić information content (AvgIpc) is 3.32. The molecule has 1 aromatic carbocycles. The van der Waals surface area contributed by atoms with E-state index in [-0.39, 0.29) is 12.1 Å². The summed E-state index contributed by atoms with van der Waals surface area (Å²) in [4.78, 5) is 7.01. The highest BCUT2D eigenvalue weighted by Gasteiger charge is 2.42. The topological polar surface area (TPSA) is 33.1 Å². The Labute approximate surface area is 210 Å². The van der Waals surface area contributed by atoms with Gasteiger partial charge in [0.05, 0.1) is 17.8 Å². The van der Waals surface area contributed by atoms with Gasteiger partial charge in [0.2, 0.25) is 0 Å². The number of hydrogen-bond donors (Lipinski definition) is 1. The predicted octanol–water partition coefficient (Wildman–Crippen LogP) is 7.25. The Hall–Kier alpha value is -2.18. The zero-order valence-electron chi connectivity index (χ0n) is 19.5. The van der Waals surface area contributed by atoms with Gasteiger partial charge < -0.3 is 14.8 Å². The Kier molecular flexibility index (Phi) is 6.32. The van der Waals surface area contributed by atoms with E-state index in [4.69, 9.17) is 17.2 Å². The number of thiocarbonyl (C=S) groups is 1. The lowest BCUT2D eigenvalue weighted by molar-refractivity contribution is 0.345. The van der Waals surface area contributed by atoms with Gasteiger partial charge in [-0.2, -0.15) is 0 Å². The summed E-state index contributed by atoms with van der Waals surface area (Å²) >= 11 is 9.58. The summed E-state index contributed by atoms with van der Waals surface area (Å²) < 4.78 is 3.70. The van der Waals surface area contributed by atoms with Crippen LogP contribution in [0.3, 0.4) is 0 Å². The summed E-state index contributed by atoms with van der Waals surface area (Å²) in [6.45, 7) is 6.68. The maximum absolute atomic E-state index is 5.93. The molecule has 2 atom stereocenters. The van der Waals surface area contributed by atoms with Crippen molar-refractivity contribution in [2.45, 2.75) is 71.0 Å². The fourth-order valence-electron chi connectivity index (χ4n) is 5.73. The van der Waals surface area contributed by atoms with Crippen LogP contribution in [0.15, 0.2) is 53.1 Å². The number of halogens is 1. The molecule has 0 unspecified atom stereocenters. The molecule has 6 heteroatoms. The summed E-state index contributed by atoms with van der Waals surface area (Å²) in [7, 11) is 0. The second-order valence-electron chi connectivity index (χ2n) is 9.42. The molecule has 1 N–H and O–H groups in total. The third-order valence-corrected chi connectivity index (χ3v) is 8.50. The van der Waals surface area contributed by atoms with Gasteiger partial charge in [0.1, 0.15) is 0 Å². The molecule has 172 valence electrons. The lowest BCUT2D eigenvalue weighted by Crippen LogP contribution is -2.29. The molecule has 0 spiro atoms. The number of hydrogen-bond acceptors (Lipinski definition) is 2. The number of rotatable bonds is 4. The van der Waals surface area contributed by atoms with Crippen LogP contribution in [-0.2, 0) is 0 Å². The Bertz CT molecular complexity index is 1170. The van der Waals surface area contributed by atoms with Gasteiger partial charge in [-0.15, -0.1) is 0 Å². The smallest absolute Gasteiger partial charge is 0.174 e. The van der Waals surface area contributed by atoms with E-state index >= 15 is 0 Å². The molecule has 5 rings (SSSR count). The summed E-state index contributed by atoms with van der Waals surface area (Å²) in [5.41, 5.74) is 7.36. The molecule has 33 heavy (non-hydrogen) atoms. The molecule has 0 bridgehead atoms. The van der Waals surface area contributed by atoms with Crippen molar-refractivity contribution in [3.8, 4) is 0 Å². The van der Waals surface area contributed by atoms with Crippen LogP contribution in [0.4, 0.5) is 5.69 Å². The molecule has 2 aromatic heterocycles. The van der Waals surface area contributed by atoms with Crippen molar-refractivity contribution in [1.82, 2.24) is 14.9 Å². The molecule has 0 amide bonds. The summed E-state index contributed by atoms with van der Waals surface area (Å²) in [5.74, 6) is 0. The molecule has 2 aliphatic rings. The minimum absolute atomic E-state index is 0.0111. The molecule has 1 saturated heterocycles. The van der Waals surface area contributed by atoms with E-state index in [2.05, 4.69) is 87.9 Å².